The second-order valence-corrected chi connectivity index (χ2v) is 8.75. The van der Waals surface area contributed by atoms with Crippen LogP contribution in [0.1, 0.15) is 29.2 Å². The smallest absolute Gasteiger partial charge is 0.295 e. The van der Waals surface area contributed by atoms with E-state index >= 15 is 0 Å². The van der Waals surface area contributed by atoms with E-state index in [1.54, 1.807) is 37.4 Å². The summed E-state index contributed by atoms with van der Waals surface area (Å²) in [5.41, 5.74) is 2.07. The van der Waals surface area contributed by atoms with Gasteiger partial charge in [-0.2, -0.15) is 0 Å². The van der Waals surface area contributed by atoms with Gasteiger partial charge in [0, 0.05) is 25.8 Å². The third kappa shape index (κ3) is 5.65. The number of carbonyl (C=O) groups is 2. The highest BCUT2D eigenvalue weighted by atomic mass is 16.5. The highest BCUT2D eigenvalue weighted by Crippen LogP contribution is 2.41. The first-order valence-electron chi connectivity index (χ1n) is 12.2. The van der Waals surface area contributed by atoms with Crippen molar-refractivity contribution < 1.29 is 33.6 Å². The standard InChI is InChI=1S/C30H31NO7/c1-35-17-7-16-31-27(21-10-13-23(14-11-21)38-19-20-8-5-4-6-9-20)26(29(33)30(31)34)28(32)22-12-15-24(36-2)25(18-22)37-3/h4-6,8-15,18,27,32H,7,16-17,19H2,1-3H3/t27-/m0/s1. The number of ether oxygens (including phenoxy) is 4. The predicted octanol–water partition coefficient (Wildman–Crippen LogP) is 4.74. The molecule has 1 aliphatic heterocycles. The zero-order valence-corrected chi connectivity index (χ0v) is 21.7. The normalized spacial score (nSPS) is 16.5. The summed E-state index contributed by atoms with van der Waals surface area (Å²) in [7, 11) is 4.57. The van der Waals surface area contributed by atoms with Gasteiger partial charge in [0.1, 0.15) is 18.1 Å². The van der Waals surface area contributed by atoms with Gasteiger partial charge in [0.25, 0.3) is 11.7 Å². The quantitative estimate of drug-likeness (QED) is 0.170. The third-order valence-corrected chi connectivity index (χ3v) is 6.39. The van der Waals surface area contributed by atoms with Crippen LogP contribution in [-0.4, -0.2) is 56.2 Å². The number of amides is 1. The summed E-state index contributed by atoms with van der Waals surface area (Å²) in [6, 6.07) is 21.1. The van der Waals surface area contributed by atoms with Crippen LogP contribution in [0.4, 0.5) is 0 Å². The molecule has 0 saturated carbocycles. The molecule has 1 amide bonds. The van der Waals surface area contributed by atoms with Gasteiger partial charge in [-0.3, -0.25) is 9.59 Å². The summed E-state index contributed by atoms with van der Waals surface area (Å²) in [6.45, 7) is 1.13. The molecular weight excluding hydrogens is 486 g/mol. The Bertz CT molecular complexity index is 1300. The van der Waals surface area contributed by atoms with Gasteiger partial charge < -0.3 is 29.0 Å². The molecule has 0 aromatic heterocycles. The van der Waals surface area contributed by atoms with Crippen molar-refractivity contribution >= 4 is 17.4 Å². The molecule has 1 aliphatic rings. The molecule has 0 radical (unpaired) electrons. The Balaban J connectivity index is 1.70. The van der Waals surface area contributed by atoms with Gasteiger partial charge in [-0.05, 0) is 47.9 Å². The number of hydrogen-bond acceptors (Lipinski definition) is 7. The molecule has 1 atom stereocenters. The number of nitrogens with zero attached hydrogens (tertiary/aromatic N) is 1. The van der Waals surface area contributed by atoms with Crippen molar-refractivity contribution in [3.8, 4) is 17.2 Å². The molecule has 1 N–H and O–H groups in total. The first-order chi connectivity index (χ1) is 18.5. The topological polar surface area (TPSA) is 94.5 Å². The number of likely N-dealkylation sites (tertiary alicyclic amines) is 1. The lowest BCUT2D eigenvalue weighted by atomic mass is 9.95. The highest BCUT2D eigenvalue weighted by molar-refractivity contribution is 6.46. The van der Waals surface area contributed by atoms with E-state index in [0.717, 1.165) is 5.56 Å². The fraction of sp³-hybridized carbons (Fsp3) is 0.267. The minimum atomic E-state index is -0.775. The average Bonchev–Trinajstić information content (AvgIpc) is 3.21. The van der Waals surface area contributed by atoms with Crippen molar-refractivity contribution in [2.45, 2.75) is 19.1 Å². The molecule has 1 fully saturated rings. The van der Waals surface area contributed by atoms with Crippen molar-refractivity contribution in [2.24, 2.45) is 0 Å². The lowest BCUT2D eigenvalue weighted by Gasteiger charge is -2.25. The van der Waals surface area contributed by atoms with E-state index in [9.17, 15) is 14.7 Å². The van der Waals surface area contributed by atoms with Crippen LogP contribution in [0.5, 0.6) is 17.2 Å². The fourth-order valence-electron chi connectivity index (χ4n) is 4.46. The Hall–Kier alpha value is -4.30. The maximum Gasteiger partial charge on any atom is 0.295 e. The highest BCUT2D eigenvalue weighted by Gasteiger charge is 2.45. The number of carbonyl (C=O) groups excluding carboxylic acids is 2. The molecule has 1 heterocycles. The van der Waals surface area contributed by atoms with Gasteiger partial charge in [0.15, 0.2) is 11.5 Å². The summed E-state index contributed by atoms with van der Waals surface area (Å²) in [5.74, 6) is -0.183. The van der Waals surface area contributed by atoms with E-state index in [2.05, 4.69) is 0 Å². The number of Topliss-reactive ketones (excluding diaryl/α,β-unsaturated/α-hetero) is 1. The van der Waals surface area contributed by atoms with Crippen LogP contribution in [-0.2, 0) is 20.9 Å². The lowest BCUT2D eigenvalue weighted by Crippen LogP contribution is -2.31. The maximum absolute atomic E-state index is 13.2. The Kier molecular flexibility index (Phi) is 8.66. The van der Waals surface area contributed by atoms with Crippen LogP contribution in [0, 0.1) is 0 Å². The molecule has 0 spiro atoms. The second kappa shape index (κ2) is 12.3. The zero-order chi connectivity index (χ0) is 27.1. The van der Waals surface area contributed by atoms with E-state index in [1.807, 2.05) is 42.5 Å². The van der Waals surface area contributed by atoms with Gasteiger partial charge >= 0.3 is 0 Å². The molecule has 3 aromatic rings. The molecule has 8 nitrogen and oxygen atoms in total. The monoisotopic (exact) mass is 517 g/mol. The number of aliphatic hydroxyl groups is 1. The van der Waals surface area contributed by atoms with Gasteiger partial charge in [-0.1, -0.05) is 42.5 Å². The van der Waals surface area contributed by atoms with Crippen molar-refractivity contribution in [1.29, 1.82) is 0 Å². The molecule has 8 heteroatoms. The summed E-state index contributed by atoms with van der Waals surface area (Å²) >= 11 is 0. The molecule has 38 heavy (non-hydrogen) atoms. The van der Waals surface area contributed by atoms with E-state index in [0.29, 0.717) is 48.0 Å². The van der Waals surface area contributed by atoms with Gasteiger partial charge in [-0.15, -0.1) is 0 Å². The number of ketones is 1. The summed E-state index contributed by atoms with van der Waals surface area (Å²) in [4.78, 5) is 27.8. The van der Waals surface area contributed by atoms with Crippen LogP contribution in [0.25, 0.3) is 5.76 Å². The summed E-state index contributed by atoms with van der Waals surface area (Å²) in [6.07, 6.45) is 0.536. The number of hydrogen-bond donors (Lipinski definition) is 1. The fourth-order valence-corrected chi connectivity index (χ4v) is 4.46. The molecular formula is C30H31NO7. The lowest BCUT2D eigenvalue weighted by molar-refractivity contribution is -0.140. The zero-order valence-electron chi connectivity index (χ0n) is 21.7. The Labute approximate surface area is 222 Å². The van der Waals surface area contributed by atoms with Crippen LogP contribution in [0.3, 0.4) is 0 Å². The molecule has 0 unspecified atom stereocenters. The van der Waals surface area contributed by atoms with E-state index in [-0.39, 0.29) is 17.9 Å². The number of benzene rings is 3. The molecule has 0 aliphatic carbocycles. The Morgan fingerprint density at radius 1 is 0.895 bits per heavy atom. The number of methoxy groups -OCH3 is 3. The third-order valence-electron chi connectivity index (χ3n) is 6.39. The molecule has 1 saturated heterocycles. The van der Waals surface area contributed by atoms with Gasteiger partial charge in [0.2, 0.25) is 0 Å². The SMILES string of the molecule is COCCCN1C(=O)C(=O)C(=C(O)c2ccc(OC)c(OC)c2)[C@@H]1c1ccc(OCc2ccccc2)cc1. The Morgan fingerprint density at radius 2 is 1.61 bits per heavy atom. The number of rotatable bonds is 11. The van der Waals surface area contributed by atoms with Crippen molar-refractivity contribution in [2.75, 3.05) is 34.5 Å². The van der Waals surface area contributed by atoms with E-state index in [4.69, 9.17) is 18.9 Å². The van der Waals surface area contributed by atoms with Gasteiger partial charge in [-0.25, -0.2) is 0 Å². The van der Waals surface area contributed by atoms with Crippen LogP contribution >= 0.6 is 0 Å². The van der Waals surface area contributed by atoms with Crippen LogP contribution in [0.15, 0.2) is 78.4 Å². The molecule has 198 valence electrons. The number of aliphatic hydroxyl groups excluding tert-OH is 1. The summed E-state index contributed by atoms with van der Waals surface area (Å²) in [5, 5.41) is 11.3. The van der Waals surface area contributed by atoms with E-state index in [1.165, 1.54) is 19.1 Å². The first kappa shape index (κ1) is 26.8. The van der Waals surface area contributed by atoms with Gasteiger partial charge in [0.05, 0.1) is 25.8 Å². The second-order valence-electron chi connectivity index (χ2n) is 8.75. The minimum absolute atomic E-state index is 0.0117. The minimum Gasteiger partial charge on any atom is -0.507 e. The van der Waals surface area contributed by atoms with Crippen LogP contribution < -0.4 is 14.2 Å². The van der Waals surface area contributed by atoms with Crippen molar-refractivity contribution in [3.05, 3.63) is 95.1 Å². The van der Waals surface area contributed by atoms with E-state index < -0.39 is 17.7 Å². The Morgan fingerprint density at radius 3 is 2.26 bits per heavy atom. The maximum atomic E-state index is 13.2. The van der Waals surface area contributed by atoms with Crippen molar-refractivity contribution in [3.63, 3.8) is 0 Å². The molecule has 0 bridgehead atoms. The molecule has 4 rings (SSSR count). The average molecular weight is 518 g/mol. The van der Waals surface area contributed by atoms with Crippen LogP contribution in [0.2, 0.25) is 0 Å². The summed E-state index contributed by atoms with van der Waals surface area (Å²) < 4.78 is 21.7. The van der Waals surface area contributed by atoms with Crippen molar-refractivity contribution in [1.82, 2.24) is 4.90 Å². The predicted molar refractivity (Wildman–Crippen MR) is 142 cm³/mol. The molecule has 3 aromatic carbocycles. The first-order valence-corrected chi connectivity index (χ1v) is 12.2. The largest absolute Gasteiger partial charge is 0.507 e.